The summed E-state index contributed by atoms with van der Waals surface area (Å²) in [5.41, 5.74) is 3.31. The van der Waals surface area contributed by atoms with Crippen LogP contribution in [0.25, 0.3) is 26.6 Å². The molecule has 2 saturated heterocycles. The number of amides is 2. The van der Waals surface area contributed by atoms with E-state index in [1.807, 2.05) is 57.3 Å². The molecule has 2 atom stereocenters. The first-order chi connectivity index (χ1) is 19.3. The summed E-state index contributed by atoms with van der Waals surface area (Å²) in [7, 11) is 0. The molecule has 6 heterocycles. The number of hydrogen-bond acceptors (Lipinski definition) is 9. The van der Waals surface area contributed by atoms with Gasteiger partial charge in [0.25, 0.3) is 0 Å². The number of pyridine rings is 1. The zero-order chi connectivity index (χ0) is 27.4. The zero-order valence-corrected chi connectivity index (χ0v) is 23.3. The van der Waals surface area contributed by atoms with Crippen molar-refractivity contribution in [3.8, 4) is 11.3 Å². The maximum atomic E-state index is 12.4. The van der Waals surface area contributed by atoms with Crippen molar-refractivity contribution in [2.75, 3.05) is 42.2 Å². The third-order valence-corrected chi connectivity index (χ3v) is 8.35. The minimum Gasteiger partial charge on any atom is -0.373 e. The van der Waals surface area contributed by atoms with Gasteiger partial charge in [0, 0.05) is 48.6 Å². The predicted octanol–water partition coefficient (Wildman–Crippen LogP) is 5.04. The Kier molecular flexibility index (Phi) is 5.99. The Hall–Kier alpha value is -4.00. The first kappa shape index (κ1) is 25.0. The van der Waals surface area contributed by atoms with E-state index in [0.29, 0.717) is 29.4 Å². The van der Waals surface area contributed by atoms with Crippen molar-refractivity contribution in [1.29, 1.82) is 0 Å². The summed E-state index contributed by atoms with van der Waals surface area (Å²) < 4.78 is 12.9. The van der Waals surface area contributed by atoms with Crippen molar-refractivity contribution < 1.29 is 14.1 Å². The quantitative estimate of drug-likeness (QED) is 0.254. The van der Waals surface area contributed by atoms with Gasteiger partial charge in [-0.15, -0.1) is 0 Å². The standard InChI is InChI=1S/C28H30N8O3S/c1-28(2,3)22-12-24(34-39-22)33-26(37)30-17-6-4-16(5-7-17)18-13-36-19-8-9-23(32-25(19)40-27(36)31-18)29-10-11-35-14-21-20(35)15-38-21/h4-9,12-13,20-21H,10-11,14-15H2,1-3H3,(H,29,32)(H2,30,33,34,37)/t20-,21?/m1/s1. The Morgan fingerprint density at radius 2 is 1.95 bits per heavy atom. The number of anilines is 3. The highest BCUT2D eigenvalue weighted by Gasteiger charge is 2.46. The highest BCUT2D eigenvalue weighted by Crippen LogP contribution is 2.31. The fraction of sp³-hybridized carbons (Fsp3) is 0.357. The molecule has 2 aliphatic heterocycles. The number of benzene rings is 1. The van der Waals surface area contributed by atoms with Gasteiger partial charge in [-0.2, -0.15) is 0 Å². The number of urea groups is 1. The molecule has 0 radical (unpaired) electrons. The first-order valence-electron chi connectivity index (χ1n) is 13.3. The van der Waals surface area contributed by atoms with Crippen molar-refractivity contribution in [1.82, 2.24) is 24.4 Å². The zero-order valence-electron chi connectivity index (χ0n) is 22.5. The number of thiazole rings is 1. The van der Waals surface area contributed by atoms with Crippen LogP contribution in [0.1, 0.15) is 26.5 Å². The number of nitrogens with one attached hydrogen (secondary N) is 3. The topological polar surface area (TPSA) is 122 Å². The molecule has 3 N–H and O–H groups in total. The van der Waals surface area contributed by atoms with Crippen LogP contribution < -0.4 is 16.0 Å². The second-order valence-electron chi connectivity index (χ2n) is 11.2. The number of imidazole rings is 1. The molecule has 2 aliphatic rings. The van der Waals surface area contributed by atoms with Crippen molar-refractivity contribution in [2.45, 2.75) is 38.3 Å². The lowest BCUT2D eigenvalue weighted by molar-refractivity contribution is -0.212. The van der Waals surface area contributed by atoms with E-state index in [1.165, 1.54) is 0 Å². The number of aromatic nitrogens is 4. The molecular weight excluding hydrogens is 528 g/mol. The molecule has 0 spiro atoms. The number of fused-ring (bicyclic) bond motifs is 4. The maximum Gasteiger partial charge on any atom is 0.324 e. The molecular formula is C28H30N8O3S. The molecule has 5 aromatic rings. The van der Waals surface area contributed by atoms with Crippen LogP contribution in [-0.2, 0) is 10.2 Å². The van der Waals surface area contributed by atoms with Gasteiger partial charge in [-0.1, -0.05) is 49.4 Å². The molecule has 206 valence electrons. The second-order valence-corrected chi connectivity index (χ2v) is 12.2. The maximum absolute atomic E-state index is 12.4. The molecule has 0 bridgehead atoms. The second kappa shape index (κ2) is 9.58. The lowest BCUT2D eigenvalue weighted by Crippen LogP contribution is -2.70. The van der Waals surface area contributed by atoms with Crippen LogP contribution in [0.15, 0.2) is 53.2 Å². The highest BCUT2D eigenvalue weighted by atomic mass is 32.1. The van der Waals surface area contributed by atoms with Gasteiger partial charge in [-0.3, -0.25) is 14.6 Å². The fourth-order valence-electron chi connectivity index (χ4n) is 4.96. The van der Waals surface area contributed by atoms with E-state index in [0.717, 1.165) is 58.6 Å². The molecule has 1 aromatic carbocycles. The van der Waals surface area contributed by atoms with E-state index < -0.39 is 0 Å². The van der Waals surface area contributed by atoms with E-state index in [9.17, 15) is 4.79 Å². The third kappa shape index (κ3) is 4.67. The van der Waals surface area contributed by atoms with E-state index in [4.69, 9.17) is 19.2 Å². The number of carbonyl (C=O) groups is 1. The van der Waals surface area contributed by atoms with Gasteiger partial charge in [0.1, 0.15) is 16.4 Å². The smallest absolute Gasteiger partial charge is 0.324 e. The summed E-state index contributed by atoms with van der Waals surface area (Å²) in [5, 5.41) is 12.9. The van der Waals surface area contributed by atoms with Gasteiger partial charge in [-0.05, 0) is 24.3 Å². The Labute approximate surface area is 234 Å². The van der Waals surface area contributed by atoms with Crippen LogP contribution in [0, 0.1) is 0 Å². The molecule has 12 heteroatoms. The van der Waals surface area contributed by atoms with Gasteiger partial charge in [-0.25, -0.2) is 14.8 Å². The van der Waals surface area contributed by atoms with E-state index in [1.54, 1.807) is 17.4 Å². The summed E-state index contributed by atoms with van der Waals surface area (Å²) in [6.45, 7) is 9.83. The molecule has 4 aromatic heterocycles. The number of ether oxygens (including phenoxy) is 1. The number of morpholine rings is 1. The average Bonchev–Trinajstić information content (AvgIpc) is 3.61. The molecule has 0 aliphatic carbocycles. The molecule has 11 nitrogen and oxygen atoms in total. The normalized spacial score (nSPS) is 18.8. The van der Waals surface area contributed by atoms with Crippen LogP contribution in [0.4, 0.5) is 22.1 Å². The number of rotatable bonds is 7. The minimum atomic E-state index is -0.390. The summed E-state index contributed by atoms with van der Waals surface area (Å²) in [6.07, 6.45) is 2.49. The molecule has 2 fully saturated rings. The van der Waals surface area contributed by atoms with Crippen molar-refractivity contribution >= 4 is 50.0 Å². The van der Waals surface area contributed by atoms with Crippen LogP contribution in [0.3, 0.4) is 0 Å². The Morgan fingerprint density at radius 1 is 1.10 bits per heavy atom. The summed E-state index contributed by atoms with van der Waals surface area (Å²) in [5.74, 6) is 1.95. The third-order valence-electron chi connectivity index (χ3n) is 7.39. The lowest BCUT2D eigenvalue weighted by atomic mass is 9.93. The Bertz CT molecular complexity index is 1700. The minimum absolute atomic E-state index is 0.187. The van der Waals surface area contributed by atoms with Crippen LogP contribution in [0.2, 0.25) is 0 Å². The van der Waals surface area contributed by atoms with Gasteiger partial charge < -0.3 is 19.9 Å². The highest BCUT2D eigenvalue weighted by molar-refractivity contribution is 7.23. The first-order valence-corrected chi connectivity index (χ1v) is 14.2. The molecule has 2 amide bonds. The molecule has 1 unspecified atom stereocenters. The number of nitrogens with zero attached hydrogens (tertiary/aromatic N) is 5. The van der Waals surface area contributed by atoms with E-state index in [2.05, 4.69) is 36.5 Å². The van der Waals surface area contributed by atoms with Gasteiger partial charge in [0.15, 0.2) is 10.8 Å². The molecule has 7 rings (SSSR count). The van der Waals surface area contributed by atoms with Crippen molar-refractivity contribution in [3.05, 3.63) is 54.4 Å². The van der Waals surface area contributed by atoms with Crippen LogP contribution in [-0.4, -0.2) is 68.8 Å². The molecule has 0 saturated carbocycles. The van der Waals surface area contributed by atoms with Gasteiger partial charge >= 0.3 is 6.03 Å². The molecule has 40 heavy (non-hydrogen) atoms. The van der Waals surface area contributed by atoms with Crippen LogP contribution >= 0.6 is 11.3 Å². The van der Waals surface area contributed by atoms with E-state index >= 15 is 0 Å². The number of hydrogen-bond donors (Lipinski definition) is 3. The number of carbonyl (C=O) groups excluding carboxylic acids is 1. The monoisotopic (exact) mass is 558 g/mol. The summed E-state index contributed by atoms with van der Waals surface area (Å²) >= 11 is 1.57. The van der Waals surface area contributed by atoms with E-state index in [-0.39, 0.29) is 11.4 Å². The Balaban J connectivity index is 0.980. The fourth-order valence-corrected chi connectivity index (χ4v) is 5.94. The SMILES string of the molecule is CC(C)(C)c1cc(NC(=O)Nc2ccc(-c3cn4c(n3)sc3nc(NCCN5CC6OC[C@H]65)ccc34)cc2)no1. The van der Waals surface area contributed by atoms with Gasteiger partial charge in [0.2, 0.25) is 0 Å². The average molecular weight is 559 g/mol. The van der Waals surface area contributed by atoms with Crippen LogP contribution in [0.5, 0.6) is 0 Å². The summed E-state index contributed by atoms with van der Waals surface area (Å²) in [4.78, 5) is 26.3. The predicted molar refractivity (Wildman–Crippen MR) is 155 cm³/mol. The number of likely N-dealkylation sites (tertiary alicyclic amines) is 1. The summed E-state index contributed by atoms with van der Waals surface area (Å²) in [6, 6.07) is 13.6. The largest absolute Gasteiger partial charge is 0.373 e. The van der Waals surface area contributed by atoms with Crippen molar-refractivity contribution in [3.63, 3.8) is 0 Å². The Morgan fingerprint density at radius 3 is 2.65 bits per heavy atom. The van der Waals surface area contributed by atoms with Crippen molar-refractivity contribution in [2.24, 2.45) is 0 Å². The van der Waals surface area contributed by atoms with Gasteiger partial charge in [0.05, 0.1) is 30.0 Å². The lowest BCUT2D eigenvalue weighted by Gasteiger charge is -2.54.